The second-order valence-electron chi connectivity index (χ2n) is 6.92. The van der Waals surface area contributed by atoms with Gasteiger partial charge in [-0.1, -0.05) is 6.07 Å². The van der Waals surface area contributed by atoms with Crippen LogP contribution in [0.25, 0.3) is 11.3 Å². The van der Waals surface area contributed by atoms with E-state index in [1.807, 2.05) is 6.92 Å². The van der Waals surface area contributed by atoms with Gasteiger partial charge in [0.2, 0.25) is 5.91 Å². The number of hydrazine groups is 1. The van der Waals surface area contributed by atoms with E-state index in [9.17, 15) is 18.4 Å². The van der Waals surface area contributed by atoms with E-state index in [1.165, 1.54) is 19.2 Å². The Hall–Kier alpha value is -3.95. The van der Waals surface area contributed by atoms with Gasteiger partial charge < -0.3 is 13.9 Å². The summed E-state index contributed by atoms with van der Waals surface area (Å²) in [5.41, 5.74) is 4.23. The van der Waals surface area contributed by atoms with Crippen LogP contribution < -0.4 is 20.3 Å². The monoisotopic (exact) mass is 459 g/mol. The SMILES string of the molecule is CCOc1ccc(OC(C)C(=O)NNC(=O)CCc2ncc(-c3c(F)cccc3F)o2)cc1. The van der Waals surface area contributed by atoms with Crippen molar-refractivity contribution in [3.05, 3.63) is 66.2 Å². The highest BCUT2D eigenvalue weighted by atomic mass is 19.1. The van der Waals surface area contributed by atoms with E-state index in [0.29, 0.717) is 18.1 Å². The van der Waals surface area contributed by atoms with Gasteiger partial charge in [-0.25, -0.2) is 13.8 Å². The number of hydrogen-bond donors (Lipinski definition) is 2. The fraction of sp³-hybridized carbons (Fsp3) is 0.261. The molecule has 1 heterocycles. The summed E-state index contributed by atoms with van der Waals surface area (Å²) in [6.07, 6.45) is 0.314. The maximum absolute atomic E-state index is 13.8. The molecule has 3 aromatic rings. The molecule has 2 amide bonds. The number of hydrogen-bond acceptors (Lipinski definition) is 6. The maximum Gasteiger partial charge on any atom is 0.279 e. The summed E-state index contributed by atoms with van der Waals surface area (Å²) in [4.78, 5) is 28.1. The highest BCUT2D eigenvalue weighted by molar-refractivity contribution is 5.84. The molecule has 0 bridgehead atoms. The quantitative estimate of drug-likeness (QED) is 0.475. The van der Waals surface area contributed by atoms with Crippen molar-refractivity contribution >= 4 is 11.8 Å². The number of nitrogens with zero attached hydrogens (tertiary/aromatic N) is 1. The molecule has 0 aliphatic rings. The molecule has 33 heavy (non-hydrogen) atoms. The Kier molecular flexibility index (Phi) is 7.96. The van der Waals surface area contributed by atoms with Gasteiger partial charge >= 0.3 is 0 Å². The number of halogens is 2. The van der Waals surface area contributed by atoms with Gasteiger partial charge in [0.1, 0.15) is 23.1 Å². The Bertz CT molecular complexity index is 1080. The zero-order chi connectivity index (χ0) is 23.8. The third kappa shape index (κ3) is 6.52. The van der Waals surface area contributed by atoms with E-state index in [0.717, 1.165) is 12.1 Å². The summed E-state index contributed by atoms with van der Waals surface area (Å²) in [5, 5.41) is 0. The Morgan fingerprint density at radius 2 is 1.73 bits per heavy atom. The molecule has 1 atom stereocenters. The first-order valence-electron chi connectivity index (χ1n) is 10.2. The Balaban J connectivity index is 1.44. The van der Waals surface area contributed by atoms with Crippen molar-refractivity contribution in [3.8, 4) is 22.8 Å². The Morgan fingerprint density at radius 1 is 1.06 bits per heavy atom. The van der Waals surface area contributed by atoms with Crippen LogP contribution in [0, 0.1) is 11.6 Å². The molecule has 1 aromatic heterocycles. The smallest absolute Gasteiger partial charge is 0.279 e. The van der Waals surface area contributed by atoms with Gasteiger partial charge in [-0.05, 0) is 50.2 Å². The summed E-state index contributed by atoms with van der Waals surface area (Å²) in [6, 6.07) is 10.2. The molecule has 0 aliphatic heterocycles. The summed E-state index contributed by atoms with van der Waals surface area (Å²) >= 11 is 0. The topological polar surface area (TPSA) is 103 Å². The number of benzene rings is 2. The van der Waals surface area contributed by atoms with E-state index >= 15 is 0 Å². The van der Waals surface area contributed by atoms with E-state index in [4.69, 9.17) is 13.9 Å². The zero-order valence-corrected chi connectivity index (χ0v) is 18.1. The molecule has 174 valence electrons. The van der Waals surface area contributed by atoms with Crippen LogP contribution in [-0.2, 0) is 16.0 Å². The van der Waals surface area contributed by atoms with Crippen LogP contribution in [0.2, 0.25) is 0 Å². The van der Waals surface area contributed by atoms with E-state index in [2.05, 4.69) is 15.8 Å². The number of amides is 2. The molecule has 3 rings (SSSR count). The molecule has 2 N–H and O–H groups in total. The number of carbonyl (C=O) groups excluding carboxylic acids is 2. The van der Waals surface area contributed by atoms with Gasteiger partial charge in [0, 0.05) is 12.8 Å². The minimum absolute atomic E-state index is 0.0655. The normalized spacial score (nSPS) is 11.5. The Morgan fingerprint density at radius 3 is 2.39 bits per heavy atom. The highest BCUT2D eigenvalue weighted by Gasteiger charge is 2.18. The molecular weight excluding hydrogens is 436 g/mol. The van der Waals surface area contributed by atoms with Crippen molar-refractivity contribution in [2.75, 3.05) is 6.61 Å². The zero-order valence-electron chi connectivity index (χ0n) is 18.1. The number of carbonyl (C=O) groups is 2. The van der Waals surface area contributed by atoms with Crippen LogP contribution >= 0.6 is 0 Å². The molecule has 0 radical (unpaired) electrons. The van der Waals surface area contributed by atoms with Crippen molar-refractivity contribution < 1.29 is 32.3 Å². The summed E-state index contributed by atoms with van der Waals surface area (Å²) in [7, 11) is 0. The molecule has 2 aromatic carbocycles. The number of rotatable bonds is 9. The van der Waals surface area contributed by atoms with Crippen molar-refractivity contribution in [2.24, 2.45) is 0 Å². The summed E-state index contributed by atoms with van der Waals surface area (Å²) < 4.78 is 43.9. The summed E-state index contributed by atoms with van der Waals surface area (Å²) in [5.74, 6) is -1.40. The van der Waals surface area contributed by atoms with Gasteiger partial charge in [-0.15, -0.1) is 0 Å². The molecule has 10 heteroatoms. The predicted molar refractivity (Wildman–Crippen MR) is 114 cm³/mol. The number of nitrogens with one attached hydrogen (secondary N) is 2. The lowest BCUT2D eigenvalue weighted by molar-refractivity contribution is -0.132. The molecule has 0 saturated carbocycles. The van der Waals surface area contributed by atoms with Crippen LogP contribution in [0.1, 0.15) is 26.2 Å². The van der Waals surface area contributed by atoms with Crippen molar-refractivity contribution in [1.82, 2.24) is 15.8 Å². The maximum atomic E-state index is 13.8. The third-order valence-corrected chi connectivity index (χ3v) is 4.47. The first kappa shape index (κ1) is 23.7. The number of ether oxygens (including phenoxy) is 2. The predicted octanol–water partition coefficient (Wildman–Crippen LogP) is 3.57. The van der Waals surface area contributed by atoms with Crippen molar-refractivity contribution in [2.45, 2.75) is 32.8 Å². The highest BCUT2D eigenvalue weighted by Crippen LogP contribution is 2.26. The molecule has 0 saturated heterocycles. The molecule has 1 unspecified atom stereocenters. The lowest BCUT2D eigenvalue weighted by Crippen LogP contribution is -2.47. The minimum atomic E-state index is -0.867. The van der Waals surface area contributed by atoms with E-state index in [1.54, 1.807) is 24.3 Å². The molecule has 0 aliphatic carbocycles. The number of aromatic nitrogens is 1. The van der Waals surface area contributed by atoms with Crippen LogP contribution in [0.3, 0.4) is 0 Å². The number of oxazole rings is 1. The van der Waals surface area contributed by atoms with Crippen molar-refractivity contribution in [3.63, 3.8) is 0 Å². The molecule has 0 spiro atoms. The standard InChI is InChI=1S/C23H23F2N3O5/c1-3-31-15-7-9-16(10-8-15)32-14(2)23(30)28-27-20(29)11-12-21-26-13-19(33-21)22-17(24)5-4-6-18(22)25/h4-10,13-14H,3,11-12H2,1-2H3,(H,27,29)(H,28,30). The van der Waals surface area contributed by atoms with Gasteiger partial charge in [-0.2, -0.15) is 0 Å². The first-order valence-corrected chi connectivity index (χ1v) is 10.2. The fourth-order valence-electron chi connectivity index (χ4n) is 2.83. The van der Waals surface area contributed by atoms with Crippen molar-refractivity contribution in [1.29, 1.82) is 0 Å². The lowest BCUT2D eigenvalue weighted by Gasteiger charge is -2.15. The molecule has 0 fully saturated rings. The van der Waals surface area contributed by atoms with Gasteiger partial charge in [0.25, 0.3) is 5.91 Å². The second kappa shape index (κ2) is 11.1. The van der Waals surface area contributed by atoms with Gasteiger partial charge in [-0.3, -0.25) is 20.4 Å². The molecule has 8 nitrogen and oxygen atoms in total. The third-order valence-electron chi connectivity index (χ3n) is 4.47. The van der Waals surface area contributed by atoms with Crippen LogP contribution in [0.4, 0.5) is 8.78 Å². The fourth-order valence-corrected chi connectivity index (χ4v) is 2.83. The molecular formula is C23H23F2N3O5. The van der Waals surface area contributed by atoms with Crippen LogP contribution in [-0.4, -0.2) is 29.5 Å². The minimum Gasteiger partial charge on any atom is -0.494 e. The largest absolute Gasteiger partial charge is 0.494 e. The average Bonchev–Trinajstić information content (AvgIpc) is 3.26. The first-order chi connectivity index (χ1) is 15.9. The summed E-state index contributed by atoms with van der Waals surface area (Å²) in [6.45, 7) is 3.95. The lowest BCUT2D eigenvalue weighted by atomic mass is 10.1. The van der Waals surface area contributed by atoms with Gasteiger partial charge in [0.15, 0.2) is 17.8 Å². The second-order valence-corrected chi connectivity index (χ2v) is 6.92. The van der Waals surface area contributed by atoms with E-state index in [-0.39, 0.29) is 30.1 Å². The van der Waals surface area contributed by atoms with E-state index < -0.39 is 29.6 Å². The number of aryl methyl sites for hydroxylation is 1. The average molecular weight is 459 g/mol. The van der Waals surface area contributed by atoms with Gasteiger partial charge in [0.05, 0.1) is 18.4 Å². The van der Waals surface area contributed by atoms with Crippen LogP contribution in [0.15, 0.2) is 53.1 Å². The van der Waals surface area contributed by atoms with Crippen LogP contribution in [0.5, 0.6) is 11.5 Å². The Labute approximate surface area is 188 Å².